The maximum absolute atomic E-state index is 10.4. The first-order chi connectivity index (χ1) is 9.49. The lowest BCUT2D eigenvalue weighted by Gasteiger charge is -2.31. The van der Waals surface area contributed by atoms with Gasteiger partial charge in [-0.2, -0.15) is 0 Å². The van der Waals surface area contributed by atoms with Crippen LogP contribution in [0.4, 0.5) is 0 Å². The SMILES string of the molecule is CCCC(C)CC(C)(C)c1cc(C)c(O)c(C(C)(C)C)c1. The Morgan fingerprint density at radius 2 is 1.67 bits per heavy atom. The number of phenolic OH excluding ortho intramolecular Hbond substituents is 1. The van der Waals surface area contributed by atoms with E-state index in [9.17, 15) is 5.11 Å². The molecule has 1 aromatic carbocycles. The van der Waals surface area contributed by atoms with Gasteiger partial charge in [0.05, 0.1) is 0 Å². The van der Waals surface area contributed by atoms with Crippen LogP contribution in [0, 0.1) is 12.8 Å². The molecule has 0 aliphatic rings. The van der Waals surface area contributed by atoms with E-state index < -0.39 is 0 Å². The van der Waals surface area contributed by atoms with Gasteiger partial charge in [0.15, 0.2) is 0 Å². The van der Waals surface area contributed by atoms with Crippen LogP contribution in [0.25, 0.3) is 0 Å². The monoisotopic (exact) mass is 290 g/mol. The molecule has 1 unspecified atom stereocenters. The number of aryl methyl sites for hydroxylation is 1. The van der Waals surface area contributed by atoms with Crippen molar-refractivity contribution in [2.75, 3.05) is 0 Å². The lowest BCUT2D eigenvalue weighted by atomic mass is 9.73. The lowest BCUT2D eigenvalue weighted by molar-refractivity contribution is 0.359. The Morgan fingerprint density at radius 1 is 1.10 bits per heavy atom. The van der Waals surface area contributed by atoms with Crippen LogP contribution in [0.2, 0.25) is 0 Å². The fourth-order valence-corrected chi connectivity index (χ4v) is 3.33. The topological polar surface area (TPSA) is 20.2 Å². The van der Waals surface area contributed by atoms with Crippen LogP contribution in [0.15, 0.2) is 12.1 Å². The molecule has 0 saturated carbocycles. The zero-order valence-electron chi connectivity index (χ0n) is 15.3. The number of phenols is 1. The van der Waals surface area contributed by atoms with Crippen LogP contribution in [0.1, 0.15) is 84.4 Å². The molecule has 120 valence electrons. The van der Waals surface area contributed by atoms with Gasteiger partial charge in [-0.15, -0.1) is 0 Å². The van der Waals surface area contributed by atoms with E-state index in [1.54, 1.807) is 0 Å². The van der Waals surface area contributed by atoms with Gasteiger partial charge in [0.2, 0.25) is 0 Å². The molecule has 1 atom stereocenters. The molecule has 1 aromatic rings. The Hall–Kier alpha value is -0.980. The smallest absolute Gasteiger partial charge is 0.122 e. The van der Waals surface area contributed by atoms with Crippen molar-refractivity contribution in [2.45, 2.75) is 85.5 Å². The summed E-state index contributed by atoms with van der Waals surface area (Å²) in [6.07, 6.45) is 3.72. The summed E-state index contributed by atoms with van der Waals surface area (Å²) >= 11 is 0. The summed E-state index contributed by atoms with van der Waals surface area (Å²) in [5, 5.41) is 10.4. The van der Waals surface area contributed by atoms with Crippen molar-refractivity contribution in [3.05, 3.63) is 28.8 Å². The third kappa shape index (κ3) is 4.49. The molecule has 0 spiro atoms. The maximum atomic E-state index is 10.4. The summed E-state index contributed by atoms with van der Waals surface area (Å²) in [5.41, 5.74) is 3.52. The van der Waals surface area contributed by atoms with E-state index in [1.165, 1.54) is 24.8 Å². The highest BCUT2D eigenvalue weighted by atomic mass is 16.3. The van der Waals surface area contributed by atoms with Crippen molar-refractivity contribution in [2.24, 2.45) is 5.92 Å². The Morgan fingerprint density at radius 3 is 2.14 bits per heavy atom. The highest BCUT2D eigenvalue weighted by molar-refractivity contribution is 5.48. The average Bonchev–Trinajstić information content (AvgIpc) is 2.30. The fourth-order valence-electron chi connectivity index (χ4n) is 3.33. The Balaban J connectivity index is 3.21. The molecule has 1 heteroatoms. The maximum Gasteiger partial charge on any atom is 0.122 e. The molecule has 1 rings (SSSR count). The van der Waals surface area contributed by atoms with E-state index in [0.29, 0.717) is 5.75 Å². The van der Waals surface area contributed by atoms with Gasteiger partial charge in [0, 0.05) is 0 Å². The fraction of sp³-hybridized carbons (Fsp3) is 0.700. The van der Waals surface area contributed by atoms with Gasteiger partial charge < -0.3 is 5.11 Å². The minimum absolute atomic E-state index is 0.0318. The molecule has 0 aliphatic carbocycles. The third-order valence-electron chi connectivity index (χ3n) is 4.53. The molecule has 21 heavy (non-hydrogen) atoms. The van der Waals surface area contributed by atoms with Gasteiger partial charge >= 0.3 is 0 Å². The van der Waals surface area contributed by atoms with Crippen LogP contribution < -0.4 is 0 Å². The average molecular weight is 290 g/mol. The number of hydrogen-bond donors (Lipinski definition) is 1. The molecule has 1 nitrogen and oxygen atoms in total. The van der Waals surface area contributed by atoms with Crippen LogP contribution in [-0.2, 0) is 10.8 Å². The third-order valence-corrected chi connectivity index (χ3v) is 4.53. The van der Waals surface area contributed by atoms with Gasteiger partial charge in [-0.3, -0.25) is 0 Å². The van der Waals surface area contributed by atoms with Gasteiger partial charge in [-0.05, 0) is 46.8 Å². The molecular formula is C20H34O. The molecule has 0 heterocycles. The van der Waals surface area contributed by atoms with E-state index in [-0.39, 0.29) is 10.8 Å². The van der Waals surface area contributed by atoms with E-state index in [0.717, 1.165) is 17.0 Å². The predicted octanol–water partition coefficient (Wildman–Crippen LogP) is 6.10. The van der Waals surface area contributed by atoms with Crippen molar-refractivity contribution in [1.82, 2.24) is 0 Å². The van der Waals surface area contributed by atoms with Gasteiger partial charge in [0.25, 0.3) is 0 Å². The number of rotatable bonds is 5. The molecule has 0 radical (unpaired) electrons. The van der Waals surface area contributed by atoms with Crippen LogP contribution in [0.3, 0.4) is 0 Å². The molecule has 0 fully saturated rings. The quantitative estimate of drug-likeness (QED) is 0.694. The molecular weight excluding hydrogens is 256 g/mol. The molecule has 0 aromatic heterocycles. The first-order valence-corrected chi connectivity index (χ1v) is 8.33. The zero-order valence-corrected chi connectivity index (χ0v) is 15.3. The minimum Gasteiger partial charge on any atom is -0.507 e. The zero-order chi connectivity index (χ0) is 16.4. The first kappa shape index (κ1) is 18.1. The van der Waals surface area contributed by atoms with Crippen molar-refractivity contribution < 1.29 is 5.11 Å². The van der Waals surface area contributed by atoms with Gasteiger partial charge in [-0.1, -0.05) is 73.4 Å². The summed E-state index contributed by atoms with van der Waals surface area (Å²) in [6.45, 7) is 17.8. The summed E-state index contributed by atoms with van der Waals surface area (Å²) in [4.78, 5) is 0. The first-order valence-electron chi connectivity index (χ1n) is 8.33. The van der Waals surface area contributed by atoms with Crippen LogP contribution in [0.5, 0.6) is 5.75 Å². The van der Waals surface area contributed by atoms with Crippen LogP contribution in [-0.4, -0.2) is 5.11 Å². The standard InChI is InChI=1S/C20H34O/c1-9-10-14(2)13-20(7,8)16-11-15(3)18(21)17(12-16)19(4,5)6/h11-12,14,21H,9-10,13H2,1-8H3. The number of aromatic hydroxyl groups is 1. The largest absolute Gasteiger partial charge is 0.507 e. The molecule has 0 amide bonds. The molecule has 0 bridgehead atoms. The second kappa shape index (κ2) is 6.42. The molecule has 1 N–H and O–H groups in total. The lowest BCUT2D eigenvalue weighted by Crippen LogP contribution is -2.22. The summed E-state index contributed by atoms with van der Waals surface area (Å²) in [7, 11) is 0. The highest BCUT2D eigenvalue weighted by Gasteiger charge is 2.27. The van der Waals surface area contributed by atoms with Crippen molar-refractivity contribution in [3.8, 4) is 5.75 Å². The van der Waals surface area contributed by atoms with E-state index >= 15 is 0 Å². The number of hydrogen-bond acceptors (Lipinski definition) is 1. The van der Waals surface area contributed by atoms with E-state index in [2.05, 4.69) is 60.6 Å². The second-order valence-electron chi connectivity index (χ2n) is 8.42. The van der Waals surface area contributed by atoms with Crippen molar-refractivity contribution in [1.29, 1.82) is 0 Å². The van der Waals surface area contributed by atoms with Crippen molar-refractivity contribution in [3.63, 3.8) is 0 Å². The summed E-state index contributed by atoms with van der Waals surface area (Å²) in [6, 6.07) is 4.39. The Labute approximate surface area is 131 Å². The molecule has 0 aliphatic heterocycles. The molecule has 0 saturated heterocycles. The Kier molecular flexibility index (Phi) is 5.52. The van der Waals surface area contributed by atoms with Crippen molar-refractivity contribution >= 4 is 0 Å². The second-order valence-corrected chi connectivity index (χ2v) is 8.42. The summed E-state index contributed by atoms with van der Waals surface area (Å²) in [5.74, 6) is 1.20. The van der Waals surface area contributed by atoms with E-state index in [4.69, 9.17) is 0 Å². The predicted molar refractivity (Wildman–Crippen MR) is 93.3 cm³/mol. The van der Waals surface area contributed by atoms with Crippen LogP contribution >= 0.6 is 0 Å². The normalized spacial score (nSPS) is 14.3. The summed E-state index contributed by atoms with van der Waals surface area (Å²) < 4.78 is 0. The van der Waals surface area contributed by atoms with E-state index in [1.807, 2.05) is 6.92 Å². The highest BCUT2D eigenvalue weighted by Crippen LogP contribution is 2.39. The Bertz CT molecular complexity index is 477. The minimum atomic E-state index is -0.0318. The van der Waals surface area contributed by atoms with Gasteiger partial charge in [-0.25, -0.2) is 0 Å². The van der Waals surface area contributed by atoms with Gasteiger partial charge in [0.1, 0.15) is 5.75 Å². The number of benzene rings is 1.